The molecule has 0 unspecified atom stereocenters. The van der Waals surface area contributed by atoms with Crippen LogP contribution < -0.4 is 0 Å². The van der Waals surface area contributed by atoms with E-state index in [1.165, 1.54) is 24.8 Å². The van der Waals surface area contributed by atoms with E-state index in [1.807, 2.05) is 24.3 Å². The predicted octanol–water partition coefficient (Wildman–Crippen LogP) is 9.27. The summed E-state index contributed by atoms with van der Waals surface area (Å²) in [7, 11) is 0. The molecule has 0 bridgehead atoms. The van der Waals surface area contributed by atoms with Gasteiger partial charge >= 0.3 is 0 Å². The number of benzene rings is 1. The van der Waals surface area contributed by atoms with Crippen molar-refractivity contribution in [3.63, 3.8) is 0 Å². The lowest BCUT2D eigenvalue weighted by Crippen LogP contribution is -2.65. The molecule has 0 saturated heterocycles. The predicted molar refractivity (Wildman–Crippen MR) is 174 cm³/mol. The van der Waals surface area contributed by atoms with Gasteiger partial charge in [0.1, 0.15) is 0 Å². The standard InChI is InChI=1S/C38H51ClN2O3/c1-22(2)31-26(42)20-38(21-30-40-41-33(44-30)23-8-10-24(39)11-9-23)19-18-36(6)25(32(31)38)12-13-28-35(5)16-15-29(43)34(3,4)27(35)14-17-37(28,36)7/h8-11,22,25,27-29,43H,12-21H2,1-7H3/t25-,27+,28-,29+,35+,36-,37-,38+/m1/s1. The minimum atomic E-state index is -0.244. The molecule has 0 spiro atoms. The Bertz CT molecular complexity index is 1510. The van der Waals surface area contributed by atoms with Crippen LogP contribution >= 0.6 is 11.6 Å². The Labute approximate surface area is 268 Å². The van der Waals surface area contributed by atoms with E-state index >= 15 is 0 Å². The number of Topliss-reactive ketones (excluding diaryl/α,β-unsaturated/α-hetero) is 1. The molecule has 6 heteroatoms. The minimum absolute atomic E-state index is 0.0477. The van der Waals surface area contributed by atoms with Gasteiger partial charge in [0.25, 0.3) is 0 Å². The van der Waals surface area contributed by atoms with Crippen molar-refractivity contribution < 1.29 is 14.3 Å². The monoisotopic (exact) mass is 618 g/mol. The van der Waals surface area contributed by atoms with Gasteiger partial charge in [-0.05, 0) is 127 Å². The van der Waals surface area contributed by atoms with Crippen LogP contribution in [0.25, 0.3) is 11.5 Å². The number of carbonyl (C=O) groups excluding carboxylic acids is 1. The molecule has 238 valence electrons. The first-order chi connectivity index (χ1) is 20.7. The number of carbonyl (C=O) groups is 1. The largest absolute Gasteiger partial charge is 0.421 e. The zero-order chi connectivity index (χ0) is 31.4. The van der Waals surface area contributed by atoms with Crippen molar-refractivity contribution in [2.75, 3.05) is 0 Å². The molecule has 0 aliphatic heterocycles. The summed E-state index contributed by atoms with van der Waals surface area (Å²) in [6.07, 6.45) is 9.87. The number of halogens is 1. The van der Waals surface area contributed by atoms with E-state index in [0.29, 0.717) is 53.2 Å². The molecule has 5 aliphatic carbocycles. The molecular formula is C38H51ClN2O3. The fraction of sp³-hybridized carbons (Fsp3) is 0.711. The Morgan fingerprint density at radius 3 is 2.34 bits per heavy atom. The second-order valence-electron chi connectivity index (χ2n) is 17.0. The van der Waals surface area contributed by atoms with Crippen LogP contribution in [0.5, 0.6) is 0 Å². The van der Waals surface area contributed by atoms with Crippen LogP contribution in [0.15, 0.2) is 39.8 Å². The Kier molecular flexibility index (Phi) is 6.97. The molecule has 2 aromatic rings. The highest BCUT2D eigenvalue weighted by Crippen LogP contribution is 2.76. The van der Waals surface area contributed by atoms with Gasteiger partial charge in [-0.2, -0.15) is 0 Å². The molecule has 1 aromatic carbocycles. The van der Waals surface area contributed by atoms with E-state index in [0.717, 1.165) is 43.2 Å². The number of hydrogen-bond donors (Lipinski definition) is 1. The summed E-state index contributed by atoms with van der Waals surface area (Å²) < 4.78 is 6.29. The van der Waals surface area contributed by atoms with Crippen LogP contribution in [0.2, 0.25) is 5.02 Å². The molecule has 1 aromatic heterocycles. The lowest BCUT2D eigenvalue weighted by atomic mass is 9.33. The second-order valence-corrected chi connectivity index (χ2v) is 17.5. The van der Waals surface area contributed by atoms with Gasteiger partial charge in [-0.1, -0.05) is 65.6 Å². The first-order valence-corrected chi connectivity index (χ1v) is 17.6. The average Bonchev–Trinajstić information content (AvgIpc) is 3.53. The lowest BCUT2D eigenvalue weighted by molar-refractivity contribution is -0.228. The third-order valence-electron chi connectivity index (χ3n) is 14.6. The molecule has 5 nitrogen and oxygen atoms in total. The maximum absolute atomic E-state index is 14.0. The van der Waals surface area contributed by atoms with Crippen molar-refractivity contribution in [3.8, 4) is 11.5 Å². The van der Waals surface area contributed by atoms with E-state index < -0.39 is 0 Å². The first kappa shape index (κ1) is 30.7. The van der Waals surface area contributed by atoms with Crippen molar-refractivity contribution in [2.45, 2.75) is 119 Å². The zero-order valence-corrected chi connectivity index (χ0v) is 28.6. The maximum Gasteiger partial charge on any atom is 0.247 e. The van der Waals surface area contributed by atoms with E-state index in [1.54, 1.807) is 0 Å². The number of nitrogens with zero attached hydrogens (tertiary/aromatic N) is 2. The van der Waals surface area contributed by atoms with Gasteiger partial charge in [0.2, 0.25) is 11.8 Å². The van der Waals surface area contributed by atoms with Gasteiger partial charge in [0.15, 0.2) is 5.78 Å². The summed E-state index contributed by atoms with van der Waals surface area (Å²) in [5.41, 5.74) is 3.67. The van der Waals surface area contributed by atoms with E-state index in [9.17, 15) is 9.90 Å². The summed E-state index contributed by atoms with van der Waals surface area (Å²) in [5.74, 6) is 3.24. The van der Waals surface area contributed by atoms with Gasteiger partial charge in [0, 0.05) is 28.8 Å². The minimum Gasteiger partial charge on any atom is -0.421 e. The molecule has 5 aliphatic rings. The molecule has 4 saturated carbocycles. The van der Waals surface area contributed by atoms with E-state index in [2.05, 4.69) is 58.7 Å². The molecule has 44 heavy (non-hydrogen) atoms. The summed E-state index contributed by atoms with van der Waals surface area (Å²) >= 11 is 6.11. The fourth-order valence-corrected chi connectivity index (χ4v) is 12.4. The summed E-state index contributed by atoms with van der Waals surface area (Å²) in [4.78, 5) is 14.0. The van der Waals surface area contributed by atoms with Crippen molar-refractivity contribution in [2.24, 2.45) is 50.7 Å². The molecule has 1 N–H and O–H groups in total. The zero-order valence-electron chi connectivity index (χ0n) is 27.8. The number of aliphatic hydroxyl groups excluding tert-OH is 1. The molecule has 8 atom stereocenters. The van der Waals surface area contributed by atoms with Gasteiger partial charge in [-0.25, -0.2) is 0 Å². The van der Waals surface area contributed by atoms with Crippen LogP contribution in [-0.2, 0) is 11.2 Å². The molecule has 0 amide bonds. The summed E-state index contributed by atoms with van der Waals surface area (Å²) in [5, 5.41) is 20.7. The molecular weight excluding hydrogens is 568 g/mol. The van der Waals surface area contributed by atoms with Crippen LogP contribution in [0.3, 0.4) is 0 Å². The number of aliphatic hydroxyl groups is 1. The van der Waals surface area contributed by atoms with Crippen molar-refractivity contribution in [1.29, 1.82) is 0 Å². The Morgan fingerprint density at radius 1 is 0.909 bits per heavy atom. The number of allylic oxidation sites excluding steroid dienone is 2. The quantitative estimate of drug-likeness (QED) is 0.369. The highest BCUT2D eigenvalue weighted by atomic mass is 35.5. The van der Waals surface area contributed by atoms with Gasteiger partial charge in [0.05, 0.1) is 6.10 Å². The number of ketones is 1. The van der Waals surface area contributed by atoms with Crippen LogP contribution in [0.1, 0.15) is 112 Å². The summed E-state index contributed by atoms with van der Waals surface area (Å²) in [6.45, 7) is 16.9. The Morgan fingerprint density at radius 2 is 1.64 bits per heavy atom. The first-order valence-electron chi connectivity index (χ1n) is 17.2. The Hall–Kier alpha value is -1.98. The highest BCUT2D eigenvalue weighted by Gasteiger charge is 2.70. The third-order valence-corrected chi connectivity index (χ3v) is 14.9. The van der Waals surface area contributed by atoms with Gasteiger partial charge in [-0.3, -0.25) is 4.79 Å². The van der Waals surface area contributed by atoms with Gasteiger partial charge < -0.3 is 9.52 Å². The van der Waals surface area contributed by atoms with Crippen LogP contribution in [0.4, 0.5) is 0 Å². The Balaban J connectivity index is 1.26. The maximum atomic E-state index is 14.0. The van der Waals surface area contributed by atoms with Gasteiger partial charge in [-0.15, -0.1) is 10.2 Å². The van der Waals surface area contributed by atoms with Crippen LogP contribution in [0, 0.1) is 50.7 Å². The number of fused-ring (bicyclic) bond motifs is 7. The van der Waals surface area contributed by atoms with Crippen molar-refractivity contribution in [1.82, 2.24) is 10.2 Å². The van der Waals surface area contributed by atoms with E-state index in [-0.39, 0.29) is 39.1 Å². The van der Waals surface area contributed by atoms with Crippen LogP contribution in [-0.4, -0.2) is 27.2 Å². The lowest BCUT2D eigenvalue weighted by Gasteiger charge is -2.72. The smallest absolute Gasteiger partial charge is 0.247 e. The fourth-order valence-electron chi connectivity index (χ4n) is 12.3. The molecule has 4 fully saturated rings. The second kappa shape index (κ2) is 10.0. The molecule has 0 radical (unpaired) electrons. The van der Waals surface area contributed by atoms with Crippen molar-refractivity contribution in [3.05, 3.63) is 46.3 Å². The number of aromatic nitrogens is 2. The highest BCUT2D eigenvalue weighted by molar-refractivity contribution is 6.30. The molecule has 1 heterocycles. The number of rotatable bonds is 4. The van der Waals surface area contributed by atoms with E-state index in [4.69, 9.17) is 16.0 Å². The summed E-state index contributed by atoms with van der Waals surface area (Å²) in [6, 6.07) is 7.50. The number of hydrogen-bond acceptors (Lipinski definition) is 5. The third kappa shape index (κ3) is 4.09. The normalized spacial score (nSPS) is 41.3. The van der Waals surface area contributed by atoms with Crippen molar-refractivity contribution >= 4 is 17.4 Å². The SMILES string of the molecule is CC(C)C1=C2[C@H]3CC[C@@H]4[C@@]5(C)CC[C@H](O)C(C)(C)[C@@H]5CC[C@@]4(C)[C@]3(C)CC[C@@]2(Cc2nnc(-c3ccc(Cl)cc3)o2)CC1=O. The molecule has 7 rings (SSSR count). The topological polar surface area (TPSA) is 76.2 Å². The average molecular weight is 619 g/mol.